The molecule has 7 heteroatoms. The van der Waals surface area contributed by atoms with Gasteiger partial charge in [-0.1, -0.05) is 6.07 Å². The van der Waals surface area contributed by atoms with Crippen LogP contribution < -0.4 is 4.90 Å². The standard InChI is InChI=1S/C19H19N5OS/c25-18-19(5-8-23(18)11-14-3-1-2-7-20-14)6-9-24(12-19)17-16-15(4-10-26-16)21-13-22-17/h1-4,7,10,13H,5-6,8-9,11-12H2. The first-order valence-corrected chi connectivity index (χ1v) is 9.76. The number of fused-ring (bicyclic) bond motifs is 1. The van der Waals surface area contributed by atoms with E-state index in [2.05, 4.69) is 19.9 Å². The van der Waals surface area contributed by atoms with E-state index in [4.69, 9.17) is 0 Å². The van der Waals surface area contributed by atoms with Crippen molar-refractivity contribution in [2.45, 2.75) is 19.4 Å². The summed E-state index contributed by atoms with van der Waals surface area (Å²) in [6.07, 6.45) is 5.21. The predicted molar refractivity (Wildman–Crippen MR) is 101 cm³/mol. The van der Waals surface area contributed by atoms with Crippen LogP contribution in [-0.4, -0.2) is 45.4 Å². The Hall–Kier alpha value is -2.54. The SMILES string of the molecule is O=C1N(Cc2ccccn2)CCC12CCN(c1ncnc3ccsc13)C2. The molecule has 2 saturated heterocycles. The molecule has 0 bridgehead atoms. The number of carbonyl (C=O) groups excluding carboxylic acids is 1. The molecule has 1 atom stereocenters. The topological polar surface area (TPSA) is 62.2 Å². The number of nitrogens with zero attached hydrogens (tertiary/aromatic N) is 5. The average molecular weight is 365 g/mol. The number of carbonyl (C=O) groups is 1. The largest absolute Gasteiger partial charge is 0.354 e. The lowest BCUT2D eigenvalue weighted by Gasteiger charge is -2.24. The van der Waals surface area contributed by atoms with E-state index >= 15 is 0 Å². The number of aromatic nitrogens is 3. The van der Waals surface area contributed by atoms with Gasteiger partial charge in [-0.3, -0.25) is 9.78 Å². The van der Waals surface area contributed by atoms with Crippen LogP contribution in [0.3, 0.4) is 0 Å². The lowest BCUT2D eigenvalue weighted by molar-refractivity contribution is -0.135. The summed E-state index contributed by atoms with van der Waals surface area (Å²) in [7, 11) is 0. The Bertz CT molecular complexity index is 959. The highest BCUT2D eigenvalue weighted by atomic mass is 32.1. The Morgan fingerprint density at radius 3 is 2.92 bits per heavy atom. The fourth-order valence-corrected chi connectivity index (χ4v) is 5.03. The van der Waals surface area contributed by atoms with Gasteiger partial charge in [0, 0.05) is 25.8 Å². The van der Waals surface area contributed by atoms with Gasteiger partial charge in [-0.15, -0.1) is 11.3 Å². The third-order valence-corrected chi connectivity index (χ3v) is 6.46. The minimum absolute atomic E-state index is 0.266. The van der Waals surface area contributed by atoms with Crippen LogP contribution in [0.5, 0.6) is 0 Å². The van der Waals surface area contributed by atoms with Crippen LogP contribution in [-0.2, 0) is 11.3 Å². The zero-order valence-electron chi connectivity index (χ0n) is 14.3. The molecule has 6 nitrogen and oxygen atoms in total. The fourth-order valence-electron chi connectivity index (χ4n) is 4.16. The summed E-state index contributed by atoms with van der Waals surface area (Å²) in [6, 6.07) is 7.87. The van der Waals surface area contributed by atoms with Crippen LogP contribution >= 0.6 is 11.3 Å². The van der Waals surface area contributed by atoms with Gasteiger partial charge in [0.25, 0.3) is 0 Å². The molecule has 3 aromatic heterocycles. The second-order valence-corrected chi connectivity index (χ2v) is 8.00. The number of rotatable bonds is 3. The lowest BCUT2D eigenvalue weighted by atomic mass is 9.85. The molecule has 0 radical (unpaired) electrons. The molecule has 5 rings (SSSR count). The normalized spacial score (nSPS) is 22.8. The lowest BCUT2D eigenvalue weighted by Crippen LogP contribution is -2.37. The second kappa shape index (κ2) is 6.02. The molecule has 132 valence electrons. The van der Waals surface area contributed by atoms with Crippen molar-refractivity contribution >= 4 is 33.3 Å². The molecule has 1 spiro atoms. The van der Waals surface area contributed by atoms with Gasteiger partial charge in [-0.2, -0.15) is 0 Å². The van der Waals surface area contributed by atoms with Crippen LogP contribution in [0.1, 0.15) is 18.5 Å². The molecule has 1 amide bonds. The Morgan fingerprint density at radius 2 is 2.04 bits per heavy atom. The van der Waals surface area contributed by atoms with Crippen molar-refractivity contribution in [3.63, 3.8) is 0 Å². The zero-order chi connectivity index (χ0) is 17.6. The summed E-state index contributed by atoms with van der Waals surface area (Å²) in [5.41, 5.74) is 1.66. The maximum atomic E-state index is 13.2. The van der Waals surface area contributed by atoms with Crippen molar-refractivity contribution in [1.82, 2.24) is 19.9 Å². The van der Waals surface area contributed by atoms with Gasteiger partial charge in [0.2, 0.25) is 5.91 Å². The molecule has 0 N–H and O–H groups in total. The minimum atomic E-state index is -0.274. The number of thiophene rings is 1. The smallest absolute Gasteiger partial charge is 0.231 e. The molecule has 5 heterocycles. The second-order valence-electron chi connectivity index (χ2n) is 7.08. The predicted octanol–water partition coefficient (Wildman–Crippen LogP) is 2.72. The van der Waals surface area contributed by atoms with Crippen molar-refractivity contribution < 1.29 is 4.79 Å². The minimum Gasteiger partial charge on any atom is -0.354 e. The molecule has 2 aliphatic rings. The number of amides is 1. The van der Waals surface area contributed by atoms with E-state index in [0.717, 1.165) is 54.2 Å². The third kappa shape index (κ3) is 2.46. The summed E-state index contributed by atoms with van der Waals surface area (Å²) >= 11 is 1.66. The zero-order valence-corrected chi connectivity index (χ0v) is 15.2. The van der Waals surface area contributed by atoms with Crippen molar-refractivity contribution in [2.75, 3.05) is 24.5 Å². The van der Waals surface area contributed by atoms with Gasteiger partial charge >= 0.3 is 0 Å². The summed E-state index contributed by atoms with van der Waals surface area (Å²) < 4.78 is 1.11. The highest BCUT2D eigenvalue weighted by Gasteiger charge is 2.51. The summed E-state index contributed by atoms with van der Waals surface area (Å²) in [6.45, 7) is 3.02. The van der Waals surface area contributed by atoms with E-state index in [9.17, 15) is 4.79 Å². The molecular formula is C19H19N5OS. The van der Waals surface area contributed by atoms with Crippen molar-refractivity contribution in [2.24, 2.45) is 5.41 Å². The molecule has 1 unspecified atom stereocenters. The van der Waals surface area contributed by atoms with E-state index in [-0.39, 0.29) is 11.3 Å². The monoisotopic (exact) mass is 365 g/mol. The quantitative estimate of drug-likeness (QED) is 0.714. The van der Waals surface area contributed by atoms with Gasteiger partial charge in [-0.05, 0) is 36.4 Å². The van der Waals surface area contributed by atoms with Crippen LogP contribution in [0.25, 0.3) is 10.2 Å². The summed E-state index contributed by atoms with van der Waals surface area (Å²) in [4.78, 5) is 30.6. The van der Waals surface area contributed by atoms with Gasteiger partial charge < -0.3 is 9.80 Å². The fraction of sp³-hybridized carbons (Fsp3) is 0.368. The molecule has 0 aromatic carbocycles. The molecule has 26 heavy (non-hydrogen) atoms. The number of likely N-dealkylation sites (tertiary alicyclic amines) is 1. The average Bonchev–Trinajstić information content (AvgIpc) is 3.39. The van der Waals surface area contributed by atoms with Crippen LogP contribution in [0.2, 0.25) is 0 Å². The maximum Gasteiger partial charge on any atom is 0.231 e. The summed E-state index contributed by atoms with van der Waals surface area (Å²) in [5, 5.41) is 2.05. The molecule has 0 aliphatic carbocycles. The Morgan fingerprint density at radius 1 is 1.12 bits per heavy atom. The van der Waals surface area contributed by atoms with Crippen LogP contribution in [0.4, 0.5) is 5.82 Å². The van der Waals surface area contributed by atoms with Gasteiger partial charge in [0.15, 0.2) is 0 Å². The van der Waals surface area contributed by atoms with Crippen molar-refractivity contribution in [3.05, 3.63) is 47.9 Å². The van der Waals surface area contributed by atoms with E-state index in [1.807, 2.05) is 34.5 Å². The maximum absolute atomic E-state index is 13.2. The number of hydrogen-bond acceptors (Lipinski definition) is 6. The first kappa shape index (κ1) is 15.7. The number of anilines is 1. The van der Waals surface area contributed by atoms with E-state index in [1.165, 1.54) is 0 Å². The first-order valence-electron chi connectivity index (χ1n) is 8.88. The molecule has 2 aliphatic heterocycles. The number of hydrogen-bond donors (Lipinski definition) is 0. The Kier molecular flexibility index (Phi) is 3.63. The Labute approximate surface area is 155 Å². The highest BCUT2D eigenvalue weighted by molar-refractivity contribution is 7.17. The van der Waals surface area contributed by atoms with E-state index in [1.54, 1.807) is 23.9 Å². The van der Waals surface area contributed by atoms with Crippen LogP contribution in [0, 0.1) is 5.41 Å². The Balaban J connectivity index is 1.37. The molecule has 3 aromatic rings. The van der Waals surface area contributed by atoms with E-state index in [0.29, 0.717) is 6.54 Å². The molecule has 0 saturated carbocycles. The highest BCUT2D eigenvalue weighted by Crippen LogP contribution is 2.43. The third-order valence-electron chi connectivity index (χ3n) is 5.56. The van der Waals surface area contributed by atoms with Gasteiger partial charge in [0.05, 0.1) is 27.9 Å². The van der Waals surface area contributed by atoms with Gasteiger partial charge in [0.1, 0.15) is 12.1 Å². The van der Waals surface area contributed by atoms with Crippen molar-refractivity contribution in [1.29, 1.82) is 0 Å². The number of pyridine rings is 1. The molecule has 2 fully saturated rings. The molecular weight excluding hydrogens is 346 g/mol. The summed E-state index contributed by atoms with van der Waals surface area (Å²) in [5.74, 6) is 1.24. The van der Waals surface area contributed by atoms with Crippen LogP contribution in [0.15, 0.2) is 42.2 Å². The van der Waals surface area contributed by atoms with Gasteiger partial charge in [-0.25, -0.2) is 9.97 Å². The van der Waals surface area contributed by atoms with Crippen molar-refractivity contribution in [3.8, 4) is 0 Å². The van der Waals surface area contributed by atoms with E-state index < -0.39 is 0 Å². The first-order chi connectivity index (χ1) is 12.8.